The fourth-order valence-corrected chi connectivity index (χ4v) is 2.51. The second kappa shape index (κ2) is 4.68. The first-order chi connectivity index (χ1) is 8.47. The molecule has 94 valence electrons. The molecule has 1 aromatic carbocycles. The van der Waals surface area contributed by atoms with Gasteiger partial charge < -0.3 is 10.1 Å². The first kappa shape index (κ1) is 13.0. The van der Waals surface area contributed by atoms with Crippen molar-refractivity contribution in [3.63, 3.8) is 0 Å². The third-order valence-electron chi connectivity index (χ3n) is 2.75. The highest BCUT2D eigenvalue weighted by molar-refractivity contribution is 14.1. The lowest BCUT2D eigenvalue weighted by Crippen LogP contribution is -2.16. The molecule has 0 amide bonds. The van der Waals surface area contributed by atoms with Gasteiger partial charge in [0.2, 0.25) is 5.43 Å². The van der Waals surface area contributed by atoms with E-state index < -0.39 is 11.4 Å². The Morgan fingerprint density at radius 3 is 2.78 bits per heavy atom. The van der Waals surface area contributed by atoms with Crippen LogP contribution in [0.1, 0.15) is 22.8 Å². The molecule has 0 aliphatic rings. The molecule has 0 bridgehead atoms. The monoisotopic (exact) mass is 361 g/mol. The summed E-state index contributed by atoms with van der Waals surface area (Å²) in [5.41, 5.74) is -0.174. The summed E-state index contributed by atoms with van der Waals surface area (Å²) in [6, 6.07) is 1.37. The molecule has 6 heteroatoms. The van der Waals surface area contributed by atoms with Crippen LogP contribution in [0.15, 0.2) is 17.1 Å². The van der Waals surface area contributed by atoms with Gasteiger partial charge in [0, 0.05) is 20.7 Å². The minimum Gasteiger partial charge on any atom is -0.477 e. The Morgan fingerprint density at radius 1 is 1.56 bits per heavy atom. The van der Waals surface area contributed by atoms with Crippen molar-refractivity contribution in [1.82, 2.24) is 4.98 Å². The Kier molecular flexibility index (Phi) is 3.38. The Bertz CT molecular complexity index is 709. The minimum atomic E-state index is -1.30. The predicted octanol–water partition coefficient (Wildman–Crippen LogP) is 2.53. The van der Waals surface area contributed by atoms with Gasteiger partial charge in [-0.15, -0.1) is 0 Å². The molecule has 0 spiro atoms. The van der Waals surface area contributed by atoms with Crippen LogP contribution >= 0.6 is 22.6 Å². The number of aromatic carboxylic acids is 1. The molecule has 0 fully saturated rings. The molecule has 4 nitrogen and oxygen atoms in total. The van der Waals surface area contributed by atoms with Gasteiger partial charge >= 0.3 is 5.97 Å². The molecule has 1 aromatic heterocycles. The Balaban J connectivity index is 2.97. The Hall–Kier alpha value is -1.44. The SMILES string of the molecule is CCc1c(F)c(I)cc2c(=O)c(C(=O)O)c[nH]c12. The smallest absolute Gasteiger partial charge is 0.341 e. The molecular weight excluding hydrogens is 352 g/mol. The molecule has 0 atom stereocenters. The number of carboxylic acids is 1. The van der Waals surface area contributed by atoms with E-state index in [-0.39, 0.29) is 16.8 Å². The summed E-state index contributed by atoms with van der Waals surface area (Å²) in [7, 11) is 0. The predicted molar refractivity (Wildman–Crippen MR) is 73.6 cm³/mol. The second-order valence-electron chi connectivity index (χ2n) is 3.76. The summed E-state index contributed by atoms with van der Waals surface area (Å²) in [5.74, 6) is -1.67. The average Bonchev–Trinajstić information content (AvgIpc) is 2.32. The van der Waals surface area contributed by atoms with Crippen molar-refractivity contribution in [3.8, 4) is 0 Å². The van der Waals surface area contributed by atoms with Crippen LogP contribution in [0.5, 0.6) is 0 Å². The summed E-state index contributed by atoms with van der Waals surface area (Å²) in [5, 5.41) is 9.09. The number of pyridine rings is 1. The van der Waals surface area contributed by atoms with Crippen molar-refractivity contribution < 1.29 is 14.3 Å². The van der Waals surface area contributed by atoms with Crippen molar-refractivity contribution in [2.24, 2.45) is 0 Å². The normalized spacial score (nSPS) is 10.8. The molecule has 2 aromatic rings. The lowest BCUT2D eigenvalue weighted by atomic mass is 10.1. The molecule has 18 heavy (non-hydrogen) atoms. The number of H-pyrrole nitrogens is 1. The van der Waals surface area contributed by atoms with Gasteiger partial charge in [-0.2, -0.15) is 0 Å². The zero-order valence-electron chi connectivity index (χ0n) is 9.38. The number of benzene rings is 1. The van der Waals surface area contributed by atoms with Gasteiger partial charge in [0.15, 0.2) is 0 Å². The van der Waals surface area contributed by atoms with Crippen LogP contribution in [0.4, 0.5) is 4.39 Å². The van der Waals surface area contributed by atoms with Crippen LogP contribution in [0, 0.1) is 9.39 Å². The van der Waals surface area contributed by atoms with Crippen LogP contribution in [0.3, 0.4) is 0 Å². The summed E-state index contributed by atoms with van der Waals surface area (Å²) in [4.78, 5) is 25.6. The number of aryl methyl sites for hydroxylation is 1. The van der Waals surface area contributed by atoms with Gasteiger partial charge in [-0.1, -0.05) is 6.92 Å². The number of nitrogens with one attached hydrogen (secondary N) is 1. The van der Waals surface area contributed by atoms with E-state index in [0.29, 0.717) is 21.1 Å². The fraction of sp³-hybridized carbons (Fsp3) is 0.167. The molecule has 0 saturated heterocycles. The second-order valence-corrected chi connectivity index (χ2v) is 4.93. The maximum absolute atomic E-state index is 13.9. The molecule has 0 radical (unpaired) electrons. The number of aromatic amines is 1. The number of aromatic nitrogens is 1. The van der Waals surface area contributed by atoms with Gasteiger partial charge in [0.25, 0.3) is 0 Å². The van der Waals surface area contributed by atoms with Crippen LogP contribution in [0.25, 0.3) is 10.9 Å². The van der Waals surface area contributed by atoms with E-state index in [1.165, 1.54) is 6.07 Å². The van der Waals surface area contributed by atoms with Crippen LogP contribution in [0.2, 0.25) is 0 Å². The molecule has 0 aliphatic carbocycles. The number of carbonyl (C=O) groups is 1. The van der Waals surface area contributed by atoms with E-state index in [0.717, 1.165) is 6.20 Å². The van der Waals surface area contributed by atoms with E-state index in [1.807, 2.05) is 0 Å². The molecular formula is C12H9FINO3. The fourth-order valence-electron chi connectivity index (χ4n) is 1.87. The lowest BCUT2D eigenvalue weighted by molar-refractivity contribution is 0.0695. The summed E-state index contributed by atoms with van der Waals surface area (Å²) in [6.45, 7) is 1.78. The number of carboxylic acid groups (broad SMARTS) is 1. The summed E-state index contributed by atoms with van der Waals surface area (Å²) in [6.07, 6.45) is 1.53. The zero-order valence-corrected chi connectivity index (χ0v) is 11.5. The van der Waals surface area contributed by atoms with Crippen LogP contribution in [-0.4, -0.2) is 16.1 Å². The van der Waals surface area contributed by atoms with Crippen LogP contribution in [-0.2, 0) is 6.42 Å². The largest absolute Gasteiger partial charge is 0.477 e. The van der Waals surface area contributed by atoms with E-state index >= 15 is 0 Å². The van der Waals surface area contributed by atoms with Crippen molar-refractivity contribution in [3.05, 3.63) is 43.0 Å². The van der Waals surface area contributed by atoms with E-state index in [9.17, 15) is 14.0 Å². The summed E-state index contributed by atoms with van der Waals surface area (Å²) < 4.78 is 14.2. The number of fused-ring (bicyclic) bond motifs is 1. The van der Waals surface area contributed by atoms with E-state index in [1.54, 1.807) is 29.5 Å². The van der Waals surface area contributed by atoms with Gasteiger partial charge in [-0.05, 0) is 35.1 Å². The molecule has 0 saturated carbocycles. The van der Waals surface area contributed by atoms with Gasteiger partial charge in [0.05, 0.1) is 5.52 Å². The first-order valence-electron chi connectivity index (χ1n) is 5.23. The van der Waals surface area contributed by atoms with Crippen molar-refractivity contribution in [2.45, 2.75) is 13.3 Å². The highest BCUT2D eigenvalue weighted by Gasteiger charge is 2.17. The van der Waals surface area contributed by atoms with Gasteiger partial charge in [-0.3, -0.25) is 4.79 Å². The van der Waals surface area contributed by atoms with Crippen LogP contribution < -0.4 is 5.43 Å². The number of hydrogen-bond acceptors (Lipinski definition) is 2. The molecule has 0 aliphatic heterocycles. The lowest BCUT2D eigenvalue weighted by Gasteiger charge is -2.08. The third kappa shape index (κ3) is 1.90. The average molecular weight is 361 g/mol. The molecule has 2 N–H and O–H groups in total. The quantitative estimate of drug-likeness (QED) is 0.808. The number of hydrogen-bond donors (Lipinski definition) is 2. The number of rotatable bonds is 2. The highest BCUT2D eigenvalue weighted by atomic mass is 127. The molecule has 0 unspecified atom stereocenters. The van der Waals surface area contributed by atoms with Gasteiger partial charge in [-0.25, -0.2) is 9.18 Å². The van der Waals surface area contributed by atoms with Crippen molar-refractivity contribution >= 4 is 39.5 Å². The Labute approximate surface area is 115 Å². The summed E-state index contributed by atoms with van der Waals surface area (Å²) >= 11 is 1.79. The van der Waals surface area contributed by atoms with Gasteiger partial charge in [0.1, 0.15) is 11.4 Å². The topological polar surface area (TPSA) is 70.2 Å². The molecule has 1 heterocycles. The minimum absolute atomic E-state index is 0.206. The highest BCUT2D eigenvalue weighted by Crippen LogP contribution is 2.23. The standard InChI is InChI=1S/C12H9FINO3/c1-2-5-9(13)8(14)3-6-10(5)15-4-7(11(6)16)12(17)18/h3-4H,2H2,1H3,(H,15,16)(H,17,18). The van der Waals surface area contributed by atoms with E-state index in [4.69, 9.17) is 5.11 Å². The zero-order chi connectivity index (χ0) is 13.4. The number of halogens is 2. The van der Waals surface area contributed by atoms with Crippen molar-refractivity contribution in [2.75, 3.05) is 0 Å². The maximum atomic E-state index is 13.9. The Morgan fingerprint density at radius 2 is 2.22 bits per heavy atom. The first-order valence-corrected chi connectivity index (χ1v) is 6.30. The maximum Gasteiger partial charge on any atom is 0.341 e. The molecule has 2 rings (SSSR count). The van der Waals surface area contributed by atoms with Crippen molar-refractivity contribution in [1.29, 1.82) is 0 Å². The third-order valence-corrected chi connectivity index (χ3v) is 3.54. The van der Waals surface area contributed by atoms with E-state index in [2.05, 4.69) is 4.98 Å².